The Morgan fingerprint density at radius 1 is 1.40 bits per heavy atom. The van der Waals surface area contributed by atoms with Crippen molar-refractivity contribution in [1.29, 1.82) is 0 Å². The van der Waals surface area contributed by atoms with Crippen LogP contribution in [0.15, 0.2) is 12.1 Å². The topological polar surface area (TPSA) is 44.8 Å². The Morgan fingerprint density at radius 3 is 2.73 bits per heavy atom. The van der Waals surface area contributed by atoms with Crippen LogP contribution in [0.1, 0.15) is 11.1 Å². The minimum Gasteiger partial charge on any atom is -0.469 e. The molecule has 0 saturated heterocycles. The molecular weight excluding hydrogens is 196 g/mol. The molecule has 4 heteroatoms. The molecule has 0 saturated carbocycles. The molecule has 1 aliphatic heterocycles. The second-order valence-corrected chi connectivity index (χ2v) is 3.38. The second kappa shape index (κ2) is 3.81. The first-order chi connectivity index (χ1) is 7.20. The summed E-state index contributed by atoms with van der Waals surface area (Å²) < 4.78 is 15.1. The number of hydrogen-bond donors (Lipinski definition) is 0. The lowest BCUT2D eigenvalue weighted by molar-refractivity contribution is -0.139. The average Bonchev–Trinajstić information content (AvgIpc) is 2.65. The van der Waals surface area contributed by atoms with Gasteiger partial charge in [-0.05, 0) is 30.2 Å². The fourth-order valence-electron chi connectivity index (χ4n) is 1.50. The van der Waals surface area contributed by atoms with Gasteiger partial charge in [0.1, 0.15) is 0 Å². The third-order valence-corrected chi connectivity index (χ3v) is 2.39. The smallest absolute Gasteiger partial charge is 0.309 e. The number of ether oxygens (including phenoxy) is 3. The maximum atomic E-state index is 11.1. The molecule has 0 radical (unpaired) electrons. The van der Waals surface area contributed by atoms with Crippen molar-refractivity contribution in [3.05, 3.63) is 23.3 Å². The summed E-state index contributed by atoms with van der Waals surface area (Å²) in [4.78, 5) is 11.1. The van der Waals surface area contributed by atoms with Gasteiger partial charge in [0.15, 0.2) is 11.5 Å². The summed E-state index contributed by atoms with van der Waals surface area (Å²) in [5, 5.41) is 0. The van der Waals surface area contributed by atoms with Crippen LogP contribution in [-0.2, 0) is 16.0 Å². The van der Waals surface area contributed by atoms with E-state index in [4.69, 9.17) is 9.47 Å². The zero-order chi connectivity index (χ0) is 10.8. The first-order valence-corrected chi connectivity index (χ1v) is 4.66. The van der Waals surface area contributed by atoms with Crippen LogP contribution in [0.5, 0.6) is 11.5 Å². The molecule has 0 unspecified atom stereocenters. The van der Waals surface area contributed by atoms with E-state index in [0.29, 0.717) is 5.75 Å². The molecule has 4 nitrogen and oxygen atoms in total. The number of aryl methyl sites for hydroxylation is 1. The van der Waals surface area contributed by atoms with Crippen LogP contribution in [0.2, 0.25) is 0 Å². The Bertz CT molecular complexity index is 398. The molecule has 80 valence electrons. The highest BCUT2D eigenvalue weighted by Gasteiger charge is 2.16. The van der Waals surface area contributed by atoms with E-state index in [-0.39, 0.29) is 19.2 Å². The fraction of sp³-hybridized carbons (Fsp3) is 0.364. The van der Waals surface area contributed by atoms with Crippen LogP contribution in [-0.4, -0.2) is 19.9 Å². The number of hydrogen-bond acceptors (Lipinski definition) is 4. The van der Waals surface area contributed by atoms with E-state index >= 15 is 0 Å². The van der Waals surface area contributed by atoms with Crippen molar-refractivity contribution in [2.75, 3.05) is 13.9 Å². The fourth-order valence-corrected chi connectivity index (χ4v) is 1.50. The van der Waals surface area contributed by atoms with E-state index in [1.54, 1.807) is 0 Å². The molecule has 1 aliphatic rings. The van der Waals surface area contributed by atoms with Crippen molar-refractivity contribution >= 4 is 5.97 Å². The van der Waals surface area contributed by atoms with E-state index in [9.17, 15) is 4.79 Å². The minimum atomic E-state index is -0.253. The number of carbonyl (C=O) groups is 1. The monoisotopic (exact) mass is 208 g/mol. The molecule has 1 heterocycles. The molecular formula is C11H12O4. The van der Waals surface area contributed by atoms with E-state index in [0.717, 1.165) is 16.9 Å². The van der Waals surface area contributed by atoms with Gasteiger partial charge in [-0.15, -0.1) is 0 Å². The Balaban J connectivity index is 2.28. The molecule has 0 fully saturated rings. The summed E-state index contributed by atoms with van der Waals surface area (Å²) in [7, 11) is 1.38. The normalized spacial score (nSPS) is 12.7. The molecule has 0 bridgehead atoms. The van der Waals surface area contributed by atoms with Gasteiger partial charge in [-0.3, -0.25) is 4.79 Å². The quantitative estimate of drug-likeness (QED) is 0.690. The van der Waals surface area contributed by atoms with Gasteiger partial charge in [0.25, 0.3) is 0 Å². The summed E-state index contributed by atoms with van der Waals surface area (Å²) in [6, 6.07) is 3.70. The summed E-state index contributed by atoms with van der Waals surface area (Å²) >= 11 is 0. The number of benzene rings is 1. The summed E-state index contributed by atoms with van der Waals surface area (Å²) in [5.41, 5.74) is 1.91. The van der Waals surface area contributed by atoms with Crippen molar-refractivity contribution in [2.24, 2.45) is 0 Å². The first-order valence-electron chi connectivity index (χ1n) is 4.66. The highest BCUT2D eigenvalue weighted by atomic mass is 16.7. The van der Waals surface area contributed by atoms with Gasteiger partial charge in [0.05, 0.1) is 13.5 Å². The zero-order valence-corrected chi connectivity index (χ0v) is 8.70. The number of fused-ring (bicyclic) bond motifs is 1. The summed E-state index contributed by atoms with van der Waals surface area (Å²) in [6.45, 7) is 2.18. The van der Waals surface area contributed by atoms with Crippen molar-refractivity contribution in [2.45, 2.75) is 13.3 Å². The van der Waals surface area contributed by atoms with Gasteiger partial charge in [-0.1, -0.05) is 0 Å². The minimum absolute atomic E-state index is 0.246. The standard InChI is InChI=1S/C11H12O4/c1-7-3-9-10(15-6-14-9)4-8(7)5-11(12)13-2/h3-4H,5-6H2,1-2H3. The molecule has 2 rings (SSSR count). The number of methoxy groups -OCH3 is 1. The molecule has 1 aromatic rings. The Kier molecular flexibility index (Phi) is 2.49. The van der Waals surface area contributed by atoms with Gasteiger partial charge in [-0.2, -0.15) is 0 Å². The van der Waals surface area contributed by atoms with Gasteiger partial charge in [0, 0.05) is 0 Å². The van der Waals surface area contributed by atoms with Crippen molar-refractivity contribution in [3.63, 3.8) is 0 Å². The molecule has 0 N–H and O–H groups in total. The highest BCUT2D eigenvalue weighted by molar-refractivity contribution is 5.73. The first kappa shape index (κ1) is 9.83. The van der Waals surface area contributed by atoms with Crippen molar-refractivity contribution in [1.82, 2.24) is 0 Å². The third kappa shape index (κ3) is 1.88. The number of esters is 1. The van der Waals surface area contributed by atoms with Crippen LogP contribution in [0.25, 0.3) is 0 Å². The number of rotatable bonds is 2. The van der Waals surface area contributed by atoms with Crippen LogP contribution in [0, 0.1) is 6.92 Å². The van der Waals surface area contributed by atoms with E-state index in [1.807, 2.05) is 19.1 Å². The predicted octanol–water partition coefficient (Wildman–Crippen LogP) is 1.44. The van der Waals surface area contributed by atoms with E-state index < -0.39 is 0 Å². The van der Waals surface area contributed by atoms with Crippen molar-refractivity contribution < 1.29 is 19.0 Å². The molecule has 0 atom stereocenters. The molecule has 0 aromatic heterocycles. The number of carbonyl (C=O) groups excluding carboxylic acids is 1. The molecule has 0 amide bonds. The average molecular weight is 208 g/mol. The lowest BCUT2D eigenvalue weighted by atomic mass is 10.0. The highest BCUT2D eigenvalue weighted by Crippen LogP contribution is 2.34. The van der Waals surface area contributed by atoms with Gasteiger partial charge in [-0.25, -0.2) is 0 Å². The lowest BCUT2D eigenvalue weighted by Crippen LogP contribution is -2.05. The molecule has 0 spiro atoms. The van der Waals surface area contributed by atoms with Gasteiger partial charge < -0.3 is 14.2 Å². The zero-order valence-electron chi connectivity index (χ0n) is 8.70. The molecule has 1 aromatic carbocycles. The third-order valence-electron chi connectivity index (χ3n) is 2.39. The van der Waals surface area contributed by atoms with E-state index in [2.05, 4.69) is 4.74 Å². The van der Waals surface area contributed by atoms with Crippen LogP contribution in [0.4, 0.5) is 0 Å². The lowest BCUT2D eigenvalue weighted by Gasteiger charge is -2.06. The second-order valence-electron chi connectivity index (χ2n) is 3.38. The van der Waals surface area contributed by atoms with Crippen molar-refractivity contribution in [3.8, 4) is 11.5 Å². The Labute approximate surface area is 87.8 Å². The van der Waals surface area contributed by atoms with Crippen LogP contribution < -0.4 is 9.47 Å². The van der Waals surface area contributed by atoms with Crippen LogP contribution in [0.3, 0.4) is 0 Å². The maximum absolute atomic E-state index is 11.1. The summed E-state index contributed by atoms with van der Waals surface area (Å²) in [5.74, 6) is 1.18. The van der Waals surface area contributed by atoms with E-state index in [1.165, 1.54) is 7.11 Å². The maximum Gasteiger partial charge on any atom is 0.309 e. The SMILES string of the molecule is COC(=O)Cc1cc2c(cc1C)OCO2. The van der Waals surface area contributed by atoms with Gasteiger partial charge >= 0.3 is 5.97 Å². The predicted molar refractivity (Wildman–Crippen MR) is 53.0 cm³/mol. The molecule has 15 heavy (non-hydrogen) atoms. The van der Waals surface area contributed by atoms with Gasteiger partial charge in [0.2, 0.25) is 6.79 Å². The molecule has 0 aliphatic carbocycles. The summed E-state index contributed by atoms with van der Waals surface area (Å²) in [6.07, 6.45) is 0.263. The Hall–Kier alpha value is -1.71. The largest absolute Gasteiger partial charge is 0.469 e. The Morgan fingerprint density at radius 2 is 2.07 bits per heavy atom. The van der Waals surface area contributed by atoms with Crippen LogP contribution >= 0.6 is 0 Å².